The summed E-state index contributed by atoms with van der Waals surface area (Å²) in [6, 6.07) is 5.97. The fraction of sp³-hybridized carbons (Fsp3) is 0.0769. The molecule has 0 saturated heterocycles. The number of nitrogens with one attached hydrogen (secondary N) is 1. The van der Waals surface area contributed by atoms with Gasteiger partial charge in [-0.2, -0.15) is 0 Å². The van der Waals surface area contributed by atoms with Crippen molar-refractivity contribution < 1.29 is 8.42 Å². The van der Waals surface area contributed by atoms with Crippen LogP contribution in [0.3, 0.4) is 0 Å². The molecule has 1 heterocycles. The average Bonchev–Trinajstić information content (AvgIpc) is 2.37. The van der Waals surface area contributed by atoms with Gasteiger partial charge >= 0.3 is 0 Å². The van der Waals surface area contributed by atoms with Gasteiger partial charge in [-0.05, 0) is 30.7 Å². The van der Waals surface area contributed by atoms with Crippen molar-refractivity contribution in [1.82, 2.24) is 4.98 Å². The van der Waals surface area contributed by atoms with Gasteiger partial charge in [0.25, 0.3) is 10.0 Å². The van der Waals surface area contributed by atoms with Crippen molar-refractivity contribution in [2.75, 3.05) is 4.72 Å². The number of aryl methyl sites for hydroxylation is 1. The van der Waals surface area contributed by atoms with E-state index in [4.69, 9.17) is 29.6 Å². The first kappa shape index (κ1) is 15.7. The fourth-order valence-corrected chi connectivity index (χ4v) is 3.40. The first-order chi connectivity index (χ1) is 9.79. The van der Waals surface area contributed by atoms with Crippen LogP contribution in [-0.2, 0) is 10.0 Å². The number of rotatable bonds is 4. The zero-order chi connectivity index (χ0) is 15.6. The molecule has 0 amide bonds. The van der Waals surface area contributed by atoms with Gasteiger partial charge in [-0.25, -0.2) is 8.42 Å². The van der Waals surface area contributed by atoms with Gasteiger partial charge in [0.1, 0.15) is 9.88 Å². The highest BCUT2D eigenvalue weighted by Crippen LogP contribution is 2.25. The van der Waals surface area contributed by atoms with Crippen molar-refractivity contribution in [2.24, 2.45) is 5.73 Å². The SMILES string of the molecule is Cc1cncc(NS(=O)(=O)c2ccc(C(N)=S)cc2Cl)c1. The Hall–Kier alpha value is -1.70. The minimum absolute atomic E-state index is 0.0495. The van der Waals surface area contributed by atoms with E-state index in [2.05, 4.69) is 9.71 Å². The molecular weight excluding hydrogens is 330 g/mol. The van der Waals surface area contributed by atoms with Gasteiger partial charge < -0.3 is 5.73 Å². The van der Waals surface area contributed by atoms with E-state index in [0.717, 1.165) is 5.56 Å². The van der Waals surface area contributed by atoms with Crippen molar-refractivity contribution in [3.8, 4) is 0 Å². The van der Waals surface area contributed by atoms with Crippen LogP contribution in [0.4, 0.5) is 5.69 Å². The summed E-state index contributed by atoms with van der Waals surface area (Å²) in [5.74, 6) is 0. The van der Waals surface area contributed by atoms with Crippen LogP contribution >= 0.6 is 23.8 Å². The third-order valence-corrected chi connectivity index (χ3v) is 4.73. The van der Waals surface area contributed by atoms with Crippen LogP contribution in [0, 0.1) is 6.92 Å². The monoisotopic (exact) mass is 341 g/mol. The number of hydrogen-bond donors (Lipinski definition) is 2. The fourth-order valence-electron chi connectivity index (χ4n) is 1.69. The highest BCUT2D eigenvalue weighted by molar-refractivity contribution is 7.92. The molecule has 0 fully saturated rings. The molecule has 5 nitrogen and oxygen atoms in total. The number of nitrogens with zero attached hydrogens (tertiary/aromatic N) is 1. The Kier molecular flexibility index (Phi) is 4.46. The zero-order valence-electron chi connectivity index (χ0n) is 11.0. The van der Waals surface area contributed by atoms with E-state index < -0.39 is 10.0 Å². The molecule has 0 aliphatic heterocycles. The van der Waals surface area contributed by atoms with Gasteiger partial charge in [-0.15, -0.1) is 0 Å². The van der Waals surface area contributed by atoms with Gasteiger partial charge in [-0.1, -0.05) is 29.9 Å². The lowest BCUT2D eigenvalue weighted by Gasteiger charge is -2.10. The third kappa shape index (κ3) is 3.69. The van der Waals surface area contributed by atoms with Crippen LogP contribution in [0.25, 0.3) is 0 Å². The molecule has 110 valence electrons. The van der Waals surface area contributed by atoms with E-state index in [1.54, 1.807) is 12.3 Å². The Bertz CT molecular complexity index is 807. The summed E-state index contributed by atoms with van der Waals surface area (Å²) < 4.78 is 27.1. The lowest BCUT2D eigenvalue weighted by Crippen LogP contribution is -2.15. The van der Waals surface area contributed by atoms with E-state index in [9.17, 15) is 8.42 Å². The number of halogens is 1. The molecule has 0 saturated carbocycles. The molecular formula is C13H12ClN3O2S2. The maximum atomic E-state index is 12.3. The Labute approximate surface area is 133 Å². The van der Waals surface area contributed by atoms with Gasteiger partial charge in [0.05, 0.1) is 16.9 Å². The maximum Gasteiger partial charge on any atom is 0.263 e. The summed E-state index contributed by atoms with van der Waals surface area (Å²) in [7, 11) is -3.81. The van der Waals surface area contributed by atoms with Gasteiger partial charge in [0.2, 0.25) is 0 Å². The Balaban J connectivity index is 2.38. The maximum absolute atomic E-state index is 12.3. The van der Waals surface area contributed by atoms with Crippen LogP contribution in [0.1, 0.15) is 11.1 Å². The van der Waals surface area contributed by atoms with E-state index in [1.165, 1.54) is 24.4 Å². The second-order valence-electron chi connectivity index (χ2n) is 4.37. The summed E-state index contributed by atoms with van der Waals surface area (Å²) in [5, 5.41) is 0.0495. The summed E-state index contributed by atoms with van der Waals surface area (Å²) in [6.45, 7) is 1.81. The number of aromatic nitrogens is 1. The first-order valence-corrected chi connectivity index (χ1v) is 8.10. The van der Waals surface area contributed by atoms with E-state index in [0.29, 0.717) is 11.3 Å². The van der Waals surface area contributed by atoms with Crippen molar-refractivity contribution >= 4 is 44.5 Å². The molecule has 2 rings (SSSR count). The summed E-state index contributed by atoms with van der Waals surface area (Å²) in [5.41, 5.74) is 7.19. The molecule has 0 unspecified atom stereocenters. The van der Waals surface area contributed by atoms with Crippen LogP contribution in [0.15, 0.2) is 41.6 Å². The molecule has 0 spiro atoms. The molecule has 1 aromatic heterocycles. The quantitative estimate of drug-likeness (QED) is 0.834. The molecule has 0 aliphatic carbocycles. The lowest BCUT2D eigenvalue weighted by molar-refractivity contribution is 0.601. The first-order valence-electron chi connectivity index (χ1n) is 5.83. The lowest BCUT2D eigenvalue weighted by atomic mass is 10.2. The molecule has 21 heavy (non-hydrogen) atoms. The highest BCUT2D eigenvalue weighted by Gasteiger charge is 2.19. The van der Waals surface area contributed by atoms with Crippen molar-refractivity contribution in [3.05, 3.63) is 52.8 Å². The molecule has 0 aliphatic rings. The van der Waals surface area contributed by atoms with Crippen LogP contribution in [0.2, 0.25) is 5.02 Å². The Morgan fingerprint density at radius 2 is 2.05 bits per heavy atom. The minimum Gasteiger partial charge on any atom is -0.389 e. The van der Waals surface area contributed by atoms with Crippen LogP contribution < -0.4 is 10.5 Å². The number of anilines is 1. The predicted molar refractivity (Wildman–Crippen MR) is 87.1 cm³/mol. The Morgan fingerprint density at radius 3 is 2.62 bits per heavy atom. The minimum atomic E-state index is -3.81. The second kappa shape index (κ2) is 5.97. The standard InChI is InChI=1S/C13H12ClN3O2S2/c1-8-4-10(7-16-6-8)17-21(18,19)12-3-2-9(13(15)20)5-11(12)14/h2-7,17H,1H3,(H2,15,20). The van der Waals surface area contributed by atoms with E-state index in [1.807, 2.05) is 6.92 Å². The Morgan fingerprint density at radius 1 is 1.33 bits per heavy atom. The number of sulfonamides is 1. The van der Waals surface area contributed by atoms with Crippen molar-refractivity contribution in [3.63, 3.8) is 0 Å². The summed E-state index contributed by atoms with van der Waals surface area (Å²) >= 11 is 10.8. The van der Waals surface area contributed by atoms with E-state index in [-0.39, 0.29) is 14.9 Å². The van der Waals surface area contributed by atoms with Crippen molar-refractivity contribution in [1.29, 1.82) is 0 Å². The van der Waals surface area contributed by atoms with Gasteiger partial charge in [-0.3, -0.25) is 9.71 Å². The number of pyridine rings is 1. The number of thiocarbonyl (C=S) groups is 1. The summed E-state index contributed by atoms with van der Waals surface area (Å²) in [6.07, 6.45) is 3.05. The number of nitrogens with two attached hydrogens (primary N) is 1. The molecule has 0 atom stereocenters. The van der Waals surface area contributed by atoms with Crippen molar-refractivity contribution in [2.45, 2.75) is 11.8 Å². The highest BCUT2D eigenvalue weighted by atomic mass is 35.5. The van der Waals surface area contributed by atoms with Crippen LogP contribution in [-0.4, -0.2) is 18.4 Å². The topological polar surface area (TPSA) is 85.1 Å². The summed E-state index contributed by atoms with van der Waals surface area (Å²) in [4.78, 5) is 4.03. The van der Waals surface area contributed by atoms with Gasteiger partial charge in [0.15, 0.2) is 0 Å². The van der Waals surface area contributed by atoms with E-state index >= 15 is 0 Å². The third-order valence-electron chi connectivity index (χ3n) is 2.63. The molecule has 3 N–H and O–H groups in total. The number of benzene rings is 1. The number of hydrogen-bond acceptors (Lipinski definition) is 4. The van der Waals surface area contributed by atoms with Crippen LogP contribution in [0.5, 0.6) is 0 Å². The average molecular weight is 342 g/mol. The van der Waals surface area contributed by atoms with Gasteiger partial charge in [0, 0.05) is 11.8 Å². The zero-order valence-corrected chi connectivity index (χ0v) is 13.4. The molecule has 1 aromatic carbocycles. The second-order valence-corrected chi connectivity index (χ2v) is 6.86. The normalized spacial score (nSPS) is 11.1. The molecule has 8 heteroatoms. The largest absolute Gasteiger partial charge is 0.389 e. The predicted octanol–water partition coefficient (Wildman–Crippen LogP) is 2.48. The molecule has 2 aromatic rings. The molecule has 0 radical (unpaired) electrons. The smallest absolute Gasteiger partial charge is 0.263 e. The molecule has 0 bridgehead atoms.